The maximum Gasteiger partial charge on any atom is 0.417 e. The Morgan fingerprint density at radius 2 is 1.84 bits per heavy atom. The van der Waals surface area contributed by atoms with E-state index in [-0.39, 0.29) is 48.9 Å². The van der Waals surface area contributed by atoms with Crippen molar-refractivity contribution in [2.45, 2.75) is 56.9 Å². The third-order valence-corrected chi connectivity index (χ3v) is 9.72. The zero-order valence-corrected chi connectivity index (χ0v) is 25.2. The van der Waals surface area contributed by atoms with Crippen molar-refractivity contribution in [1.29, 1.82) is 5.26 Å². The van der Waals surface area contributed by atoms with Crippen LogP contribution in [-0.4, -0.2) is 60.4 Å². The Morgan fingerprint density at radius 1 is 1.09 bits per heavy atom. The predicted octanol–water partition coefficient (Wildman–Crippen LogP) is 7.45. The predicted molar refractivity (Wildman–Crippen MR) is 161 cm³/mol. The molecule has 7 nitrogen and oxygen atoms in total. The number of alkyl halides is 4. The first-order chi connectivity index (χ1) is 21.5. The summed E-state index contributed by atoms with van der Waals surface area (Å²) >= 11 is 0.713. The number of halogens is 6. The lowest BCUT2D eigenvalue weighted by molar-refractivity contribution is -0.137. The monoisotopic (exact) mass is 648 g/mol. The first-order valence-electron chi connectivity index (χ1n) is 14.7. The second-order valence-corrected chi connectivity index (χ2v) is 12.5. The Kier molecular flexibility index (Phi) is 8.43. The van der Waals surface area contributed by atoms with Gasteiger partial charge in [-0.25, -0.2) is 13.2 Å². The molecule has 238 valence electrons. The Balaban J connectivity index is 0.000000337. The van der Waals surface area contributed by atoms with Crippen LogP contribution in [0.4, 0.5) is 37.2 Å². The fourth-order valence-electron chi connectivity index (χ4n) is 6.65. The van der Waals surface area contributed by atoms with E-state index >= 15 is 4.39 Å². The zero-order valence-electron chi connectivity index (χ0n) is 24.4. The zero-order chi connectivity index (χ0) is 32.0. The summed E-state index contributed by atoms with van der Waals surface area (Å²) in [4.78, 5) is 12.4. The minimum absolute atomic E-state index is 0.0787. The van der Waals surface area contributed by atoms with Crippen molar-refractivity contribution >= 4 is 43.1 Å². The lowest BCUT2D eigenvalue weighted by Gasteiger charge is -2.29. The molecule has 3 saturated heterocycles. The van der Waals surface area contributed by atoms with Gasteiger partial charge in [0.1, 0.15) is 34.4 Å². The number of methoxy groups -OCH3 is 1. The van der Waals surface area contributed by atoms with Gasteiger partial charge in [0.05, 0.1) is 22.9 Å². The van der Waals surface area contributed by atoms with Crippen molar-refractivity contribution in [2.24, 2.45) is 0 Å². The fraction of sp³-hybridized carbons (Fsp3) is 0.452. The molecule has 3 aliphatic rings. The van der Waals surface area contributed by atoms with Crippen LogP contribution in [0, 0.1) is 23.0 Å². The second-order valence-electron chi connectivity index (χ2n) is 11.5. The molecule has 5 heterocycles. The van der Waals surface area contributed by atoms with E-state index in [1.165, 1.54) is 20.0 Å². The van der Waals surface area contributed by atoms with Gasteiger partial charge in [-0.2, -0.15) is 28.4 Å². The Labute approximate surface area is 259 Å². The third-order valence-electron chi connectivity index (χ3n) is 8.69. The number of ether oxygens (including phenoxy) is 1. The van der Waals surface area contributed by atoms with Crippen LogP contribution in [0.1, 0.15) is 49.7 Å². The molecule has 3 fully saturated rings. The molecule has 3 aliphatic heterocycles. The Bertz CT molecular complexity index is 1790. The molecule has 2 atom stereocenters. The average molecular weight is 649 g/mol. The minimum atomic E-state index is -4.99. The van der Waals surface area contributed by atoms with Gasteiger partial charge in [0.25, 0.3) is 0 Å². The van der Waals surface area contributed by atoms with Crippen LogP contribution >= 0.6 is 11.3 Å². The summed E-state index contributed by atoms with van der Waals surface area (Å²) in [6.07, 6.45) is 0.412. The highest BCUT2D eigenvalue weighted by Crippen LogP contribution is 2.48. The molecule has 45 heavy (non-hydrogen) atoms. The normalized spacial score (nSPS) is 20.3. The number of hydrogen-bond acceptors (Lipinski definition) is 8. The van der Waals surface area contributed by atoms with Gasteiger partial charge in [0.2, 0.25) is 0 Å². The molecule has 4 aromatic rings. The molecule has 2 N–H and O–H groups in total. The topological polar surface area (TPSA) is 91.3 Å². The highest BCUT2D eigenvalue weighted by atomic mass is 32.1. The van der Waals surface area contributed by atoms with Gasteiger partial charge in [0.15, 0.2) is 5.82 Å². The number of piperidine rings is 1. The van der Waals surface area contributed by atoms with Crippen LogP contribution < -0.4 is 15.4 Å². The standard InChI is InChI=1S/C24H18F5N5OS.C7H12FN/c1-35-23-32-19-12(22(33-23)34-7-3-2-4-8-34)9-14(24(27,28)29)17(18(19)26)11-5-6-15(25)20-16(11)13(10-30)21(31)36-20;8-6-4-7-2-1-3-9(7)5-6/h5-6,9H,2-4,7-8,31H2,1H3;6-7H,1-5H2. The molecule has 0 radical (unpaired) electrons. The smallest absolute Gasteiger partial charge is 0.417 e. The lowest BCUT2D eigenvalue weighted by atomic mass is 9.92. The van der Waals surface area contributed by atoms with Crippen molar-refractivity contribution in [3.8, 4) is 23.2 Å². The summed E-state index contributed by atoms with van der Waals surface area (Å²) in [5.41, 5.74) is 2.81. The summed E-state index contributed by atoms with van der Waals surface area (Å²) in [5, 5.41) is 9.21. The quantitative estimate of drug-likeness (QED) is 0.231. The molecular formula is C31H30F6N6OS. The van der Waals surface area contributed by atoms with Crippen LogP contribution in [0.15, 0.2) is 18.2 Å². The van der Waals surface area contributed by atoms with Crippen molar-refractivity contribution < 1.29 is 31.1 Å². The second kappa shape index (κ2) is 12.2. The van der Waals surface area contributed by atoms with Gasteiger partial charge in [-0.05, 0) is 62.8 Å². The van der Waals surface area contributed by atoms with Gasteiger partial charge in [-0.15, -0.1) is 11.3 Å². The maximum atomic E-state index is 16.2. The molecular weight excluding hydrogens is 618 g/mol. The summed E-state index contributed by atoms with van der Waals surface area (Å²) < 4.78 is 91.6. The molecule has 0 bridgehead atoms. The number of hydrogen-bond donors (Lipinski definition) is 1. The van der Waals surface area contributed by atoms with Gasteiger partial charge in [-0.3, -0.25) is 4.90 Å². The largest absolute Gasteiger partial charge is 0.467 e. The van der Waals surface area contributed by atoms with Crippen molar-refractivity contribution in [2.75, 3.05) is 43.9 Å². The minimum Gasteiger partial charge on any atom is -0.467 e. The Morgan fingerprint density at radius 3 is 2.51 bits per heavy atom. The van der Waals surface area contributed by atoms with Crippen LogP contribution in [-0.2, 0) is 6.18 Å². The maximum absolute atomic E-state index is 16.2. The number of benzene rings is 2. The average Bonchev–Trinajstić information content (AvgIpc) is 3.70. The summed E-state index contributed by atoms with van der Waals surface area (Å²) in [5.74, 6) is -1.91. The molecule has 0 amide bonds. The molecule has 0 saturated carbocycles. The number of rotatable bonds is 3. The third kappa shape index (κ3) is 5.72. The van der Waals surface area contributed by atoms with E-state index in [1.54, 1.807) is 11.0 Å². The van der Waals surface area contributed by atoms with Crippen LogP contribution in [0.5, 0.6) is 6.01 Å². The van der Waals surface area contributed by atoms with E-state index in [9.17, 15) is 27.2 Å². The van der Waals surface area contributed by atoms with Gasteiger partial charge in [-0.1, -0.05) is 6.07 Å². The molecule has 2 aromatic carbocycles. The molecule has 0 spiro atoms. The van der Waals surface area contributed by atoms with Crippen molar-refractivity contribution in [3.63, 3.8) is 0 Å². The number of nitrogens with two attached hydrogens (primary N) is 1. The van der Waals surface area contributed by atoms with Crippen molar-refractivity contribution in [1.82, 2.24) is 14.9 Å². The van der Waals surface area contributed by atoms with Crippen LogP contribution in [0.3, 0.4) is 0 Å². The van der Waals surface area contributed by atoms with Gasteiger partial charge in [0, 0.05) is 42.0 Å². The lowest BCUT2D eigenvalue weighted by Crippen LogP contribution is -2.30. The van der Waals surface area contributed by atoms with Gasteiger partial charge >= 0.3 is 12.2 Å². The highest BCUT2D eigenvalue weighted by molar-refractivity contribution is 7.23. The number of nitriles is 1. The van der Waals surface area contributed by atoms with E-state index in [1.807, 2.05) is 0 Å². The number of fused-ring (bicyclic) bond motifs is 3. The number of aromatic nitrogens is 2. The summed E-state index contributed by atoms with van der Waals surface area (Å²) in [6, 6.07) is 4.98. The van der Waals surface area contributed by atoms with E-state index in [0.29, 0.717) is 37.0 Å². The summed E-state index contributed by atoms with van der Waals surface area (Å²) in [7, 11) is 1.28. The molecule has 7 rings (SSSR count). The first-order valence-corrected chi connectivity index (χ1v) is 15.5. The number of nitrogen functional groups attached to an aromatic ring is 1. The Hall–Kier alpha value is -3.83. The molecule has 0 aliphatic carbocycles. The molecule has 2 aromatic heterocycles. The number of nitrogens with zero attached hydrogens (tertiary/aromatic N) is 5. The van der Waals surface area contributed by atoms with Crippen LogP contribution in [0.2, 0.25) is 0 Å². The van der Waals surface area contributed by atoms with E-state index < -0.39 is 35.1 Å². The van der Waals surface area contributed by atoms with E-state index in [0.717, 1.165) is 50.4 Å². The van der Waals surface area contributed by atoms with Crippen molar-refractivity contribution in [3.05, 3.63) is 41.0 Å². The molecule has 2 unspecified atom stereocenters. The first kappa shape index (κ1) is 31.2. The van der Waals surface area contributed by atoms with E-state index in [2.05, 4.69) is 14.9 Å². The highest BCUT2D eigenvalue weighted by Gasteiger charge is 2.39. The fourth-order valence-corrected chi connectivity index (χ4v) is 7.60. The molecule has 14 heteroatoms. The van der Waals surface area contributed by atoms with Crippen LogP contribution in [0.25, 0.3) is 32.1 Å². The SMILES string of the molecule is COc1nc(N2CCCCC2)c2cc(C(F)(F)F)c(-c3ccc(F)c4sc(N)c(C#N)c34)c(F)c2n1.FC1CC2CCCN2C1. The number of anilines is 2. The van der Waals surface area contributed by atoms with E-state index in [4.69, 9.17) is 10.5 Å². The number of thiophene rings is 1. The summed E-state index contributed by atoms with van der Waals surface area (Å²) in [6.45, 7) is 2.94. The van der Waals surface area contributed by atoms with Gasteiger partial charge < -0.3 is 15.4 Å².